The Kier molecular flexibility index (Phi) is 4.55. The molecule has 16 heavy (non-hydrogen) atoms. The SMILES string of the molecule is COc1cccnc1NCC(C)(C)CCO. The largest absolute Gasteiger partial charge is 0.493 e. The van der Waals surface area contributed by atoms with Crippen LogP contribution >= 0.6 is 0 Å². The lowest BCUT2D eigenvalue weighted by atomic mass is 9.90. The quantitative estimate of drug-likeness (QED) is 0.775. The first kappa shape index (κ1) is 12.8. The molecule has 1 aromatic rings. The van der Waals surface area contributed by atoms with Crippen molar-refractivity contribution in [2.75, 3.05) is 25.6 Å². The molecular weight excluding hydrogens is 204 g/mol. The summed E-state index contributed by atoms with van der Waals surface area (Å²) in [7, 11) is 1.63. The Morgan fingerprint density at radius 2 is 2.25 bits per heavy atom. The summed E-state index contributed by atoms with van der Waals surface area (Å²) in [4.78, 5) is 4.21. The third kappa shape index (κ3) is 3.70. The maximum Gasteiger partial charge on any atom is 0.168 e. The number of anilines is 1. The predicted octanol–water partition coefficient (Wildman–Crippen LogP) is 1.91. The van der Waals surface area contributed by atoms with Crippen LogP contribution in [0.3, 0.4) is 0 Å². The van der Waals surface area contributed by atoms with Crippen LogP contribution < -0.4 is 10.1 Å². The van der Waals surface area contributed by atoms with E-state index < -0.39 is 0 Å². The number of hydrogen-bond donors (Lipinski definition) is 2. The van der Waals surface area contributed by atoms with E-state index >= 15 is 0 Å². The van der Waals surface area contributed by atoms with Crippen LogP contribution in [0, 0.1) is 5.41 Å². The summed E-state index contributed by atoms with van der Waals surface area (Å²) >= 11 is 0. The second kappa shape index (κ2) is 5.70. The fraction of sp³-hybridized carbons (Fsp3) is 0.583. The summed E-state index contributed by atoms with van der Waals surface area (Å²) in [6.45, 7) is 5.16. The molecule has 0 fully saturated rings. The molecule has 0 aliphatic rings. The predicted molar refractivity (Wildman–Crippen MR) is 64.8 cm³/mol. The number of pyridine rings is 1. The summed E-state index contributed by atoms with van der Waals surface area (Å²) in [5, 5.41) is 12.2. The summed E-state index contributed by atoms with van der Waals surface area (Å²) in [5.74, 6) is 1.48. The zero-order chi connectivity index (χ0) is 12.0. The van der Waals surface area contributed by atoms with Gasteiger partial charge in [0.15, 0.2) is 11.6 Å². The van der Waals surface area contributed by atoms with Gasteiger partial charge in [0.2, 0.25) is 0 Å². The molecule has 90 valence electrons. The average Bonchev–Trinajstić information content (AvgIpc) is 2.27. The van der Waals surface area contributed by atoms with Crippen LogP contribution in [0.5, 0.6) is 5.75 Å². The van der Waals surface area contributed by atoms with Crippen LogP contribution in [0.1, 0.15) is 20.3 Å². The molecule has 0 spiro atoms. The first-order valence-electron chi connectivity index (χ1n) is 5.43. The number of nitrogens with zero attached hydrogens (tertiary/aromatic N) is 1. The number of ether oxygens (including phenoxy) is 1. The maximum atomic E-state index is 8.93. The van der Waals surface area contributed by atoms with Crippen LogP contribution in [0.25, 0.3) is 0 Å². The van der Waals surface area contributed by atoms with Gasteiger partial charge in [0.1, 0.15) is 0 Å². The number of methoxy groups -OCH3 is 1. The molecule has 4 nitrogen and oxygen atoms in total. The smallest absolute Gasteiger partial charge is 0.168 e. The normalized spacial score (nSPS) is 11.2. The van der Waals surface area contributed by atoms with Crippen LogP contribution in [0.4, 0.5) is 5.82 Å². The van der Waals surface area contributed by atoms with Gasteiger partial charge in [0.25, 0.3) is 0 Å². The molecule has 0 aliphatic carbocycles. The molecule has 0 saturated heterocycles. The van der Waals surface area contributed by atoms with Gasteiger partial charge in [0, 0.05) is 19.3 Å². The number of aliphatic hydroxyl groups is 1. The Labute approximate surface area is 96.7 Å². The van der Waals surface area contributed by atoms with Crippen molar-refractivity contribution in [2.24, 2.45) is 5.41 Å². The van der Waals surface area contributed by atoms with Gasteiger partial charge in [-0.25, -0.2) is 4.98 Å². The van der Waals surface area contributed by atoms with E-state index in [0.717, 1.165) is 24.5 Å². The molecule has 0 saturated carbocycles. The highest BCUT2D eigenvalue weighted by atomic mass is 16.5. The minimum absolute atomic E-state index is 0.0390. The second-order valence-corrected chi connectivity index (χ2v) is 4.55. The summed E-state index contributed by atoms with van der Waals surface area (Å²) in [5.41, 5.74) is 0.0390. The number of aromatic nitrogens is 1. The number of aliphatic hydroxyl groups excluding tert-OH is 1. The Hall–Kier alpha value is -1.29. The lowest BCUT2D eigenvalue weighted by Gasteiger charge is -2.24. The van der Waals surface area contributed by atoms with Gasteiger partial charge in [-0.1, -0.05) is 13.8 Å². The van der Waals surface area contributed by atoms with E-state index in [2.05, 4.69) is 24.1 Å². The Morgan fingerprint density at radius 1 is 1.50 bits per heavy atom. The third-order valence-electron chi connectivity index (χ3n) is 2.51. The van der Waals surface area contributed by atoms with E-state index in [-0.39, 0.29) is 12.0 Å². The number of rotatable bonds is 6. The number of hydrogen-bond acceptors (Lipinski definition) is 4. The molecule has 0 amide bonds. The molecular formula is C12H20N2O2. The Morgan fingerprint density at radius 3 is 2.88 bits per heavy atom. The standard InChI is InChI=1S/C12H20N2O2/c1-12(2,6-8-15)9-14-11-10(16-3)5-4-7-13-11/h4-5,7,15H,6,8-9H2,1-3H3,(H,13,14). The molecule has 0 aliphatic heterocycles. The molecule has 1 rings (SSSR count). The fourth-order valence-electron chi connectivity index (χ4n) is 1.40. The highest BCUT2D eigenvalue weighted by Crippen LogP contribution is 2.24. The zero-order valence-electron chi connectivity index (χ0n) is 10.2. The Bertz CT molecular complexity index is 327. The molecule has 4 heteroatoms. The van der Waals surface area contributed by atoms with Crippen molar-refractivity contribution < 1.29 is 9.84 Å². The summed E-state index contributed by atoms with van der Waals surface area (Å²) in [6.07, 6.45) is 2.49. The van der Waals surface area contributed by atoms with E-state index in [4.69, 9.17) is 9.84 Å². The van der Waals surface area contributed by atoms with Crippen molar-refractivity contribution in [3.63, 3.8) is 0 Å². The van der Waals surface area contributed by atoms with Crippen molar-refractivity contribution in [1.29, 1.82) is 0 Å². The van der Waals surface area contributed by atoms with E-state index in [1.54, 1.807) is 13.3 Å². The zero-order valence-corrected chi connectivity index (χ0v) is 10.2. The lowest BCUT2D eigenvalue weighted by Crippen LogP contribution is -2.24. The highest BCUT2D eigenvalue weighted by Gasteiger charge is 2.17. The molecule has 1 aromatic heterocycles. The van der Waals surface area contributed by atoms with E-state index in [1.807, 2.05) is 12.1 Å². The van der Waals surface area contributed by atoms with Crippen molar-refractivity contribution in [2.45, 2.75) is 20.3 Å². The van der Waals surface area contributed by atoms with Gasteiger partial charge in [-0.05, 0) is 24.0 Å². The molecule has 0 unspecified atom stereocenters. The average molecular weight is 224 g/mol. The van der Waals surface area contributed by atoms with Gasteiger partial charge in [-0.15, -0.1) is 0 Å². The molecule has 1 heterocycles. The third-order valence-corrected chi connectivity index (χ3v) is 2.51. The first-order valence-corrected chi connectivity index (χ1v) is 5.43. The van der Waals surface area contributed by atoms with Crippen LogP contribution in [-0.2, 0) is 0 Å². The summed E-state index contributed by atoms with van der Waals surface area (Å²) in [6, 6.07) is 3.71. The highest BCUT2D eigenvalue weighted by molar-refractivity contribution is 5.49. The van der Waals surface area contributed by atoms with Crippen LogP contribution in [0.2, 0.25) is 0 Å². The minimum atomic E-state index is 0.0390. The van der Waals surface area contributed by atoms with E-state index in [0.29, 0.717) is 0 Å². The molecule has 2 N–H and O–H groups in total. The lowest BCUT2D eigenvalue weighted by molar-refractivity contribution is 0.220. The topological polar surface area (TPSA) is 54.4 Å². The van der Waals surface area contributed by atoms with Crippen LogP contribution in [-0.4, -0.2) is 30.4 Å². The van der Waals surface area contributed by atoms with Gasteiger partial charge in [0.05, 0.1) is 7.11 Å². The van der Waals surface area contributed by atoms with Gasteiger partial charge in [-0.3, -0.25) is 0 Å². The molecule has 0 radical (unpaired) electrons. The van der Waals surface area contributed by atoms with Crippen molar-refractivity contribution in [3.8, 4) is 5.75 Å². The fourth-order valence-corrected chi connectivity index (χ4v) is 1.40. The van der Waals surface area contributed by atoms with Crippen molar-refractivity contribution in [1.82, 2.24) is 4.98 Å². The molecule has 0 bridgehead atoms. The van der Waals surface area contributed by atoms with Gasteiger partial charge < -0.3 is 15.2 Å². The van der Waals surface area contributed by atoms with E-state index in [9.17, 15) is 0 Å². The van der Waals surface area contributed by atoms with Gasteiger partial charge in [-0.2, -0.15) is 0 Å². The van der Waals surface area contributed by atoms with Crippen molar-refractivity contribution >= 4 is 5.82 Å². The number of nitrogens with one attached hydrogen (secondary N) is 1. The van der Waals surface area contributed by atoms with Crippen molar-refractivity contribution in [3.05, 3.63) is 18.3 Å². The first-order chi connectivity index (χ1) is 7.59. The second-order valence-electron chi connectivity index (χ2n) is 4.55. The maximum absolute atomic E-state index is 8.93. The van der Waals surface area contributed by atoms with E-state index in [1.165, 1.54) is 0 Å². The summed E-state index contributed by atoms with van der Waals surface area (Å²) < 4.78 is 5.20. The monoisotopic (exact) mass is 224 g/mol. The van der Waals surface area contributed by atoms with Gasteiger partial charge >= 0.3 is 0 Å². The minimum Gasteiger partial charge on any atom is -0.493 e. The molecule has 0 aromatic carbocycles. The molecule has 0 atom stereocenters. The Balaban J connectivity index is 2.60. The van der Waals surface area contributed by atoms with Crippen LogP contribution in [0.15, 0.2) is 18.3 Å².